The number of thiophene rings is 1. The maximum absolute atomic E-state index is 12.2. The quantitative estimate of drug-likeness (QED) is 0.504. The Bertz CT molecular complexity index is 973. The second kappa shape index (κ2) is 8.69. The zero-order valence-corrected chi connectivity index (χ0v) is 20.1. The van der Waals surface area contributed by atoms with Gasteiger partial charge in [-0.2, -0.15) is 0 Å². The molecule has 1 saturated heterocycles. The first kappa shape index (κ1) is 23.1. The van der Waals surface area contributed by atoms with Crippen LogP contribution in [0.25, 0.3) is 0 Å². The maximum Gasteiger partial charge on any atom is 0.338 e. The molecule has 4 rings (SSSR count). The van der Waals surface area contributed by atoms with E-state index in [1.165, 1.54) is 11.3 Å². The molecule has 1 unspecified atom stereocenters. The van der Waals surface area contributed by atoms with Gasteiger partial charge in [0.15, 0.2) is 6.23 Å². The summed E-state index contributed by atoms with van der Waals surface area (Å²) in [6.45, 7) is 10.2. The molecule has 0 bridgehead atoms. The van der Waals surface area contributed by atoms with Crippen LogP contribution in [0.3, 0.4) is 0 Å². The van der Waals surface area contributed by atoms with E-state index in [2.05, 4.69) is 33.0 Å². The summed E-state index contributed by atoms with van der Waals surface area (Å²) in [5.41, 5.74) is 1.77. The lowest BCUT2D eigenvalue weighted by molar-refractivity contribution is 0.0255. The van der Waals surface area contributed by atoms with Crippen LogP contribution in [0.5, 0.6) is 5.75 Å². The van der Waals surface area contributed by atoms with Crippen LogP contribution in [0.15, 0.2) is 24.3 Å². The molecule has 3 N–H and O–H groups in total. The van der Waals surface area contributed by atoms with Crippen molar-refractivity contribution in [3.8, 4) is 5.75 Å². The number of nitrogens with one attached hydrogen (secondary N) is 1. The molecule has 0 spiro atoms. The highest BCUT2D eigenvalue weighted by atomic mass is 32.1. The molecule has 32 heavy (non-hydrogen) atoms. The molecular weight excluding hydrogens is 426 g/mol. The van der Waals surface area contributed by atoms with Crippen LogP contribution in [0, 0.1) is 5.41 Å². The molecule has 2 heterocycles. The SMILES string of the molecule is CC1(C)Cc2c(sc(NC(O)c3ccc(OC4CCOCC4)cc3)c2C(=O)O)C(C)(C)C1. The van der Waals surface area contributed by atoms with Gasteiger partial charge >= 0.3 is 5.97 Å². The number of carboxylic acids is 1. The van der Waals surface area contributed by atoms with Crippen molar-refractivity contribution in [2.75, 3.05) is 18.5 Å². The van der Waals surface area contributed by atoms with E-state index >= 15 is 0 Å². The minimum Gasteiger partial charge on any atom is -0.490 e. The number of rotatable bonds is 6. The summed E-state index contributed by atoms with van der Waals surface area (Å²) in [6.07, 6.45) is 2.60. The molecule has 2 aromatic rings. The van der Waals surface area contributed by atoms with E-state index in [4.69, 9.17) is 9.47 Å². The first-order valence-corrected chi connectivity index (χ1v) is 12.1. The fourth-order valence-electron chi connectivity index (χ4n) is 5.25. The van der Waals surface area contributed by atoms with Crippen molar-refractivity contribution in [3.05, 3.63) is 45.8 Å². The number of anilines is 1. The highest BCUT2D eigenvalue weighted by Crippen LogP contribution is 2.52. The lowest BCUT2D eigenvalue weighted by atomic mass is 9.65. The smallest absolute Gasteiger partial charge is 0.338 e. The number of fused-ring (bicyclic) bond motifs is 1. The largest absolute Gasteiger partial charge is 0.490 e. The van der Waals surface area contributed by atoms with Gasteiger partial charge in [0.2, 0.25) is 0 Å². The van der Waals surface area contributed by atoms with Gasteiger partial charge in [0, 0.05) is 23.3 Å². The summed E-state index contributed by atoms with van der Waals surface area (Å²) in [5, 5.41) is 24.4. The Balaban J connectivity index is 1.54. The molecule has 0 radical (unpaired) electrons. The predicted octanol–water partition coefficient (Wildman–Crippen LogP) is 5.36. The Morgan fingerprint density at radius 1 is 1.19 bits per heavy atom. The molecule has 174 valence electrons. The molecule has 1 aliphatic heterocycles. The number of benzene rings is 1. The molecule has 6 nitrogen and oxygen atoms in total. The summed E-state index contributed by atoms with van der Waals surface area (Å²) < 4.78 is 11.4. The molecule has 1 aliphatic carbocycles. The van der Waals surface area contributed by atoms with Crippen molar-refractivity contribution in [3.63, 3.8) is 0 Å². The van der Waals surface area contributed by atoms with Crippen LogP contribution in [-0.4, -0.2) is 35.5 Å². The molecule has 7 heteroatoms. The van der Waals surface area contributed by atoms with Gasteiger partial charge in [-0.3, -0.25) is 0 Å². The van der Waals surface area contributed by atoms with Crippen molar-refractivity contribution in [1.29, 1.82) is 0 Å². The van der Waals surface area contributed by atoms with E-state index in [9.17, 15) is 15.0 Å². The van der Waals surface area contributed by atoms with Crippen LogP contribution < -0.4 is 10.1 Å². The lowest BCUT2D eigenvalue weighted by Crippen LogP contribution is -2.34. The van der Waals surface area contributed by atoms with Gasteiger partial charge in [0.1, 0.15) is 16.9 Å². The number of ether oxygens (including phenoxy) is 2. The minimum atomic E-state index is -1.01. The van der Waals surface area contributed by atoms with Crippen molar-refractivity contribution in [2.45, 2.75) is 71.1 Å². The molecule has 2 aliphatic rings. The third-order valence-corrected chi connectivity index (χ3v) is 7.88. The standard InChI is InChI=1S/C25H33NO5S/c1-24(2)13-18-19(23(28)29)22(32-20(18)25(3,4)14-24)26-21(27)15-5-7-16(8-6-15)31-17-9-11-30-12-10-17/h5-8,17,21,26-27H,9-14H2,1-4H3,(H,28,29). The van der Waals surface area contributed by atoms with E-state index < -0.39 is 12.2 Å². The summed E-state index contributed by atoms with van der Waals surface area (Å²) in [7, 11) is 0. The van der Waals surface area contributed by atoms with Gasteiger partial charge < -0.3 is 25.0 Å². The molecule has 1 aromatic heterocycles. The van der Waals surface area contributed by atoms with E-state index in [0.717, 1.165) is 55.1 Å². The summed E-state index contributed by atoms with van der Waals surface area (Å²) >= 11 is 1.46. The number of aromatic carboxylic acids is 1. The second-order valence-electron chi connectivity index (χ2n) is 10.4. The van der Waals surface area contributed by atoms with Gasteiger partial charge in [0.25, 0.3) is 0 Å². The number of hydrogen-bond donors (Lipinski definition) is 3. The third kappa shape index (κ3) is 4.80. The average molecular weight is 460 g/mol. The summed E-state index contributed by atoms with van der Waals surface area (Å²) in [4.78, 5) is 13.3. The normalized spacial score (nSPS) is 20.9. The van der Waals surface area contributed by atoms with E-state index in [1.54, 1.807) is 0 Å². The topological polar surface area (TPSA) is 88.0 Å². The Kier molecular flexibility index (Phi) is 6.27. The maximum atomic E-state index is 12.2. The first-order chi connectivity index (χ1) is 15.1. The lowest BCUT2D eigenvalue weighted by Gasteiger charge is -2.40. The van der Waals surface area contributed by atoms with Gasteiger partial charge in [0.05, 0.1) is 18.8 Å². The van der Waals surface area contributed by atoms with Crippen molar-refractivity contribution < 1.29 is 24.5 Å². The first-order valence-electron chi connectivity index (χ1n) is 11.2. The molecular formula is C25H33NO5S. The van der Waals surface area contributed by atoms with Crippen LogP contribution in [-0.2, 0) is 16.6 Å². The van der Waals surface area contributed by atoms with Gasteiger partial charge in [-0.15, -0.1) is 11.3 Å². The summed E-state index contributed by atoms with van der Waals surface area (Å²) in [5.74, 6) is -0.194. The molecule has 1 aromatic carbocycles. The van der Waals surface area contributed by atoms with Crippen molar-refractivity contribution >= 4 is 22.3 Å². The van der Waals surface area contributed by atoms with Crippen molar-refractivity contribution in [1.82, 2.24) is 0 Å². The monoisotopic (exact) mass is 459 g/mol. The number of carbonyl (C=O) groups is 1. The molecule has 1 fully saturated rings. The highest BCUT2D eigenvalue weighted by molar-refractivity contribution is 7.17. The third-order valence-electron chi connectivity index (χ3n) is 6.35. The summed E-state index contributed by atoms with van der Waals surface area (Å²) in [6, 6.07) is 7.32. The number of carboxylic acid groups (broad SMARTS) is 1. The van der Waals surface area contributed by atoms with Crippen LogP contribution in [0.4, 0.5) is 5.00 Å². The van der Waals surface area contributed by atoms with Gasteiger partial charge in [-0.1, -0.05) is 39.8 Å². The average Bonchev–Trinajstić information content (AvgIpc) is 3.06. The second-order valence-corrected chi connectivity index (χ2v) is 11.4. The molecule has 1 atom stereocenters. The van der Waals surface area contributed by atoms with Crippen LogP contribution >= 0.6 is 11.3 Å². The Morgan fingerprint density at radius 2 is 1.84 bits per heavy atom. The fraction of sp³-hybridized carbons (Fsp3) is 0.560. The molecule has 0 saturated carbocycles. The number of aliphatic hydroxyl groups excluding tert-OH is 1. The number of aliphatic hydroxyl groups is 1. The van der Waals surface area contributed by atoms with Crippen molar-refractivity contribution in [2.24, 2.45) is 5.41 Å². The minimum absolute atomic E-state index is 0.0257. The van der Waals surface area contributed by atoms with Gasteiger partial charge in [-0.25, -0.2) is 4.79 Å². The van der Waals surface area contributed by atoms with Gasteiger partial charge in [-0.05, 0) is 41.4 Å². The zero-order valence-electron chi connectivity index (χ0n) is 19.2. The Hall–Kier alpha value is -2.09. The Labute approximate surface area is 193 Å². The highest BCUT2D eigenvalue weighted by Gasteiger charge is 2.42. The van der Waals surface area contributed by atoms with E-state index in [-0.39, 0.29) is 16.9 Å². The van der Waals surface area contributed by atoms with E-state index in [0.29, 0.717) is 16.1 Å². The number of hydrogen-bond acceptors (Lipinski definition) is 6. The van der Waals surface area contributed by atoms with Crippen LogP contribution in [0.2, 0.25) is 0 Å². The van der Waals surface area contributed by atoms with Crippen LogP contribution in [0.1, 0.15) is 79.5 Å². The Morgan fingerprint density at radius 3 is 2.47 bits per heavy atom. The predicted molar refractivity (Wildman–Crippen MR) is 126 cm³/mol. The molecule has 0 amide bonds. The fourth-order valence-corrected chi connectivity index (χ4v) is 6.58. The van der Waals surface area contributed by atoms with E-state index in [1.807, 2.05) is 24.3 Å². The zero-order chi connectivity index (χ0) is 23.1.